The zero-order valence-electron chi connectivity index (χ0n) is 13.4. The summed E-state index contributed by atoms with van der Waals surface area (Å²) < 4.78 is 12.6. The van der Waals surface area contributed by atoms with Crippen LogP contribution in [0.4, 0.5) is 0 Å². The Bertz CT molecular complexity index is 644. The molecule has 0 N–H and O–H groups in total. The van der Waals surface area contributed by atoms with E-state index in [1.54, 1.807) is 17.7 Å². The van der Waals surface area contributed by atoms with Crippen molar-refractivity contribution in [2.75, 3.05) is 7.11 Å². The zero-order valence-corrected chi connectivity index (χ0v) is 13.4. The smallest absolute Gasteiger partial charge is 0.250 e. The number of benzene rings is 1. The van der Waals surface area contributed by atoms with Crippen molar-refractivity contribution in [2.24, 2.45) is 5.92 Å². The minimum absolute atomic E-state index is 0.0360. The topological polar surface area (TPSA) is 40.5 Å². The number of ether oxygens (including phenoxy) is 2. The summed E-state index contributed by atoms with van der Waals surface area (Å²) in [5.74, 6) is 2.15. The predicted octanol–water partition coefficient (Wildman–Crippen LogP) is 3.48. The Morgan fingerprint density at radius 3 is 2.36 bits per heavy atom. The summed E-state index contributed by atoms with van der Waals surface area (Å²) in [6.07, 6.45) is 2.87. The first-order valence-corrected chi connectivity index (χ1v) is 7.54. The van der Waals surface area contributed by atoms with Crippen molar-refractivity contribution in [3.05, 3.63) is 58.5 Å². The highest BCUT2D eigenvalue weighted by Crippen LogP contribution is 2.18. The Morgan fingerprint density at radius 1 is 1.05 bits per heavy atom. The van der Waals surface area contributed by atoms with Crippen LogP contribution < -0.4 is 15.0 Å². The molecule has 1 aromatic heterocycles. The summed E-state index contributed by atoms with van der Waals surface area (Å²) in [5, 5.41) is 0. The van der Waals surface area contributed by atoms with Gasteiger partial charge in [0.2, 0.25) is 0 Å². The highest BCUT2D eigenvalue weighted by atomic mass is 16.5. The van der Waals surface area contributed by atoms with Gasteiger partial charge in [-0.3, -0.25) is 4.79 Å². The number of nitrogens with zero attached hydrogens (tertiary/aromatic N) is 1. The average molecular weight is 301 g/mol. The van der Waals surface area contributed by atoms with Crippen molar-refractivity contribution >= 4 is 0 Å². The van der Waals surface area contributed by atoms with Gasteiger partial charge in [0.15, 0.2) is 0 Å². The number of methoxy groups -OCH3 is 1. The quantitative estimate of drug-likeness (QED) is 0.786. The maximum absolute atomic E-state index is 11.8. The number of hydrogen-bond acceptors (Lipinski definition) is 3. The van der Waals surface area contributed by atoms with Gasteiger partial charge in [0.25, 0.3) is 5.56 Å². The number of hydrogen-bond donors (Lipinski definition) is 0. The fraction of sp³-hybridized carbons (Fsp3) is 0.389. The zero-order chi connectivity index (χ0) is 15.9. The Kier molecular flexibility index (Phi) is 5.64. The van der Waals surface area contributed by atoms with Crippen molar-refractivity contribution in [1.29, 1.82) is 0 Å². The summed E-state index contributed by atoms with van der Waals surface area (Å²) in [4.78, 5) is 11.8. The fourth-order valence-corrected chi connectivity index (χ4v) is 2.08. The molecule has 22 heavy (non-hydrogen) atoms. The maximum Gasteiger partial charge on any atom is 0.250 e. The Morgan fingerprint density at radius 2 is 1.73 bits per heavy atom. The van der Waals surface area contributed by atoms with Gasteiger partial charge in [0.1, 0.15) is 18.1 Å². The minimum atomic E-state index is 0.0360. The van der Waals surface area contributed by atoms with Crippen LogP contribution in [-0.4, -0.2) is 11.7 Å². The third-order valence-electron chi connectivity index (χ3n) is 3.46. The molecule has 0 spiro atoms. The third kappa shape index (κ3) is 4.65. The Hall–Kier alpha value is -2.23. The SMILES string of the molecule is COc1ccc(OCc2ccc(=O)n(CCC(C)C)c2)cc1. The number of aromatic nitrogens is 1. The summed E-state index contributed by atoms with van der Waals surface area (Å²) in [5.41, 5.74) is 1.02. The first-order valence-electron chi connectivity index (χ1n) is 7.54. The standard InChI is InChI=1S/C18H23NO3/c1-14(2)10-11-19-12-15(4-9-18(19)20)13-22-17-7-5-16(21-3)6-8-17/h4-9,12,14H,10-11,13H2,1-3H3. The van der Waals surface area contributed by atoms with Crippen molar-refractivity contribution in [2.45, 2.75) is 33.4 Å². The summed E-state index contributed by atoms with van der Waals surface area (Å²) in [6.45, 7) is 5.49. The molecule has 0 amide bonds. The Balaban J connectivity index is 1.99. The maximum atomic E-state index is 11.8. The average Bonchev–Trinajstić information content (AvgIpc) is 2.53. The van der Waals surface area contributed by atoms with Crippen LogP contribution in [0.3, 0.4) is 0 Å². The normalized spacial score (nSPS) is 10.7. The molecular weight excluding hydrogens is 278 g/mol. The highest BCUT2D eigenvalue weighted by molar-refractivity contribution is 5.31. The molecule has 2 aromatic rings. The molecular formula is C18H23NO3. The molecule has 2 rings (SSSR count). The van der Waals surface area contributed by atoms with Gasteiger partial charge < -0.3 is 14.0 Å². The van der Waals surface area contributed by atoms with E-state index in [9.17, 15) is 4.79 Å². The van der Waals surface area contributed by atoms with Crippen molar-refractivity contribution in [1.82, 2.24) is 4.57 Å². The van der Waals surface area contributed by atoms with E-state index < -0.39 is 0 Å². The van der Waals surface area contributed by atoms with E-state index in [1.165, 1.54) is 0 Å². The third-order valence-corrected chi connectivity index (χ3v) is 3.46. The van der Waals surface area contributed by atoms with Gasteiger partial charge in [-0.2, -0.15) is 0 Å². The van der Waals surface area contributed by atoms with Crippen LogP contribution in [0.5, 0.6) is 11.5 Å². The molecule has 0 radical (unpaired) electrons. The van der Waals surface area contributed by atoms with Crippen LogP contribution in [0.2, 0.25) is 0 Å². The van der Waals surface area contributed by atoms with Crippen molar-refractivity contribution in [3.63, 3.8) is 0 Å². The molecule has 4 heteroatoms. The van der Waals surface area contributed by atoms with Gasteiger partial charge in [-0.1, -0.05) is 13.8 Å². The lowest BCUT2D eigenvalue weighted by molar-refractivity contribution is 0.304. The van der Waals surface area contributed by atoms with Gasteiger partial charge in [0, 0.05) is 24.4 Å². The molecule has 0 aliphatic carbocycles. The van der Waals surface area contributed by atoms with Crippen molar-refractivity contribution in [3.8, 4) is 11.5 Å². The molecule has 0 saturated heterocycles. The summed E-state index contributed by atoms with van der Waals surface area (Å²) in [6, 6.07) is 10.9. The van der Waals surface area contributed by atoms with Gasteiger partial charge in [-0.15, -0.1) is 0 Å². The van der Waals surface area contributed by atoms with Gasteiger partial charge >= 0.3 is 0 Å². The fourth-order valence-electron chi connectivity index (χ4n) is 2.08. The van der Waals surface area contributed by atoms with Crippen LogP contribution in [0, 0.1) is 5.92 Å². The molecule has 0 saturated carbocycles. The summed E-state index contributed by atoms with van der Waals surface area (Å²) >= 11 is 0. The lowest BCUT2D eigenvalue weighted by Gasteiger charge is -2.11. The second-order valence-corrected chi connectivity index (χ2v) is 5.72. The molecule has 0 aliphatic rings. The molecule has 1 aromatic carbocycles. The highest BCUT2D eigenvalue weighted by Gasteiger charge is 2.02. The molecule has 4 nitrogen and oxygen atoms in total. The monoisotopic (exact) mass is 301 g/mol. The largest absolute Gasteiger partial charge is 0.497 e. The van der Waals surface area contributed by atoms with Gasteiger partial charge in [-0.05, 0) is 42.7 Å². The lowest BCUT2D eigenvalue weighted by Crippen LogP contribution is -2.20. The first-order chi connectivity index (χ1) is 10.6. The number of aryl methyl sites for hydroxylation is 1. The van der Waals surface area contributed by atoms with Crippen LogP contribution in [0.1, 0.15) is 25.8 Å². The van der Waals surface area contributed by atoms with Crippen LogP contribution in [0.25, 0.3) is 0 Å². The lowest BCUT2D eigenvalue weighted by atomic mass is 10.1. The molecule has 0 unspecified atom stereocenters. The second kappa shape index (κ2) is 7.69. The van der Waals surface area contributed by atoms with E-state index >= 15 is 0 Å². The van der Waals surface area contributed by atoms with Crippen LogP contribution >= 0.6 is 0 Å². The number of rotatable bonds is 7. The number of pyridine rings is 1. The molecule has 0 aliphatic heterocycles. The van der Waals surface area contributed by atoms with Crippen molar-refractivity contribution < 1.29 is 9.47 Å². The van der Waals surface area contributed by atoms with E-state index in [2.05, 4.69) is 13.8 Å². The van der Waals surface area contributed by atoms with Gasteiger partial charge in [0.05, 0.1) is 7.11 Å². The van der Waals surface area contributed by atoms with Crippen LogP contribution in [0.15, 0.2) is 47.4 Å². The van der Waals surface area contributed by atoms with E-state index in [4.69, 9.17) is 9.47 Å². The van der Waals surface area contributed by atoms with Gasteiger partial charge in [-0.25, -0.2) is 0 Å². The van der Waals surface area contributed by atoms with Crippen LogP contribution in [-0.2, 0) is 13.2 Å². The molecule has 0 atom stereocenters. The molecule has 118 valence electrons. The molecule has 1 heterocycles. The second-order valence-electron chi connectivity index (χ2n) is 5.72. The van der Waals surface area contributed by atoms with E-state index in [1.807, 2.05) is 36.5 Å². The minimum Gasteiger partial charge on any atom is -0.497 e. The summed E-state index contributed by atoms with van der Waals surface area (Å²) in [7, 11) is 1.64. The molecule has 0 bridgehead atoms. The predicted molar refractivity (Wildman–Crippen MR) is 87.5 cm³/mol. The molecule has 0 fully saturated rings. The first kappa shape index (κ1) is 16.1. The van der Waals surface area contributed by atoms with E-state index in [-0.39, 0.29) is 5.56 Å². The van der Waals surface area contributed by atoms with E-state index in [0.717, 1.165) is 30.0 Å². The Labute approximate surface area is 131 Å². The van der Waals surface area contributed by atoms with E-state index in [0.29, 0.717) is 12.5 Å².